The van der Waals surface area contributed by atoms with Gasteiger partial charge in [0.15, 0.2) is 0 Å². The van der Waals surface area contributed by atoms with Gasteiger partial charge in [-0.05, 0) is 73.9 Å². The van der Waals surface area contributed by atoms with Crippen molar-refractivity contribution >= 4 is 24.2 Å². The number of hydrogen-bond donors (Lipinski definition) is 0. The lowest BCUT2D eigenvalue weighted by Gasteiger charge is -2.29. The summed E-state index contributed by atoms with van der Waals surface area (Å²) in [5.74, 6) is -1.70. The summed E-state index contributed by atoms with van der Waals surface area (Å²) in [6.45, 7) is 7.46. The Kier molecular flexibility index (Phi) is 18.6. The van der Waals surface area contributed by atoms with Crippen LogP contribution in [0, 0.1) is 5.41 Å². The van der Waals surface area contributed by atoms with Crippen LogP contribution < -0.4 is 0 Å². The normalized spacial score (nSPS) is 11.0. The molecule has 0 fully saturated rings. The van der Waals surface area contributed by atoms with Gasteiger partial charge in [-0.1, -0.05) is 90.5 Å². The third-order valence-electron chi connectivity index (χ3n) is 7.93. The van der Waals surface area contributed by atoms with E-state index < -0.39 is 29.7 Å². The minimum absolute atomic E-state index is 0.222. The molecule has 0 radical (unpaired) electrons. The molecule has 2 aromatic carbocycles. The largest absolute Gasteiger partial charge is 0.543 e. The van der Waals surface area contributed by atoms with Crippen LogP contribution in [0.2, 0.25) is 0 Å². The van der Waals surface area contributed by atoms with E-state index in [2.05, 4.69) is 43.5 Å². The highest BCUT2D eigenvalue weighted by Crippen LogP contribution is 2.28. The maximum absolute atomic E-state index is 12.2. The van der Waals surface area contributed by atoms with Gasteiger partial charge >= 0.3 is 24.2 Å². The summed E-state index contributed by atoms with van der Waals surface area (Å²) in [6, 6.07) is 13.7. The smallest absolute Gasteiger partial charge is 0.432 e. The summed E-state index contributed by atoms with van der Waals surface area (Å²) in [7, 11) is 0. The molecule has 260 valence electrons. The molecule has 0 atom stereocenters. The Morgan fingerprint density at radius 2 is 0.894 bits per heavy atom. The molecule has 47 heavy (non-hydrogen) atoms. The van der Waals surface area contributed by atoms with Crippen LogP contribution in [-0.2, 0) is 51.9 Å². The number of benzene rings is 2. The molecule has 2 rings (SSSR count). The van der Waals surface area contributed by atoms with Crippen LogP contribution in [0.4, 0.5) is 9.59 Å². The van der Waals surface area contributed by atoms with E-state index in [0.29, 0.717) is 12.8 Å². The second kappa shape index (κ2) is 22.4. The molecule has 0 saturated carbocycles. The van der Waals surface area contributed by atoms with Crippen molar-refractivity contribution in [2.75, 3.05) is 13.2 Å². The summed E-state index contributed by atoms with van der Waals surface area (Å²) >= 11 is 0. The summed E-state index contributed by atoms with van der Waals surface area (Å²) in [5.41, 5.74) is 1.83. The van der Waals surface area contributed by atoms with Crippen LogP contribution in [0.3, 0.4) is 0 Å². The lowest BCUT2D eigenvalue weighted by atomic mass is 9.84. The van der Waals surface area contributed by atoms with Crippen molar-refractivity contribution in [1.82, 2.24) is 0 Å². The Hall–Kier alpha value is -4.16. The van der Waals surface area contributed by atoms with Gasteiger partial charge in [-0.3, -0.25) is 9.78 Å². The molecular formula is C35H48O12. The number of carbonyl (C=O) groups is 4. The third kappa shape index (κ3) is 15.3. The van der Waals surface area contributed by atoms with Crippen molar-refractivity contribution in [2.24, 2.45) is 5.41 Å². The summed E-state index contributed by atoms with van der Waals surface area (Å²) in [4.78, 5) is 66.2. The molecular weight excluding hydrogens is 612 g/mol. The zero-order valence-corrected chi connectivity index (χ0v) is 27.9. The highest BCUT2D eigenvalue weighted by atomic mass is 17.5. The van der Waals surface area contributed by atoms with Crippen LogP contribution >= 0.6 is 0 Å². The van der Waals surface area contributed by atoms with Gasteiger partial charge in [-0.25, -0.2) is 29.0 Å². The Morgan fingerprint density at radius 3 is 1.23 bits per heavy atom. The molecule has 0 spiro atoms. The maximum Gasteiger partial charge on any atom is 0.543 e. The monoisotopic (exact) mass is 660 g/mol. The Morgan fingerprint density at radius 1 is 0.511 bits per heavy atom. The van der Waals surface area contributed by atoms with E-state index in [1.54, 1.807) is 38.1 Å². The van der Waals surface area contributed by atoms with Crippen molar-refractivity contribution in [3.8, 4) is 0 Å². The Balaban J connectivity index is 1.67. The van der Waals surface area contributed by atoms with E-state index >= 15 is 0 Å². The van der Waals surface area contributed by atoms with Gasteiger partial charge in [0.1, 0.15) is 13.2 Å². The van der Waals surface area contributed by atoms with Gasteiger partial charge in [-0.15, -0.1) is 0 Å². The van der Waals surface area contributed by atoms with Crippen molar-refractivity contribution in [3.63, 3.8) is 0 Å². The number of aryl methyl sites for hydroxylation is 2. The summed E-state index contributed by atoms with van der Waals surface area (Å²) in [5, 5.41) is 8.60. The molecule has 2 aromatic rings. The van der Waals surface area contributed by atoms with Crippen LogP contribution in [-0.4, -0.2) is 37.5 Å². The van der Waals surface area contributed by atoms with Gasteiger partial charge < -0.3 is 9.47 Å². The first-order valence-electron chi connectivity index (χ1n) is 16.4. The minimum atomic E-state index is -1.27. The standard InChI is InChI=1S/C35H48O12/c1-5-9-11-13-15-27-17-21-29(22-18-27)31(36)42-46-44-33(38)40-25-35(7-3,8-4)26-41-34(39)45-47-43-32(37)30-23-19-28(20-24-30)16-14-12-10-6-2/h17-24H,5-16,25-26H2,1-4H3. The molecule has 0 N–H and O–H groups in total. The van der Waals surface area contributed by atoms with E-state index in [1.165, 1.54) is 12.8 Å². The lowest BCUT2D eigenvalue weighted by molar-refractivity contribution is -0.453. The fraction of sp³-hybridized carbons (Fsp3) is 0.543. The predicted octanol–water partition coefficient (Wildman–Crippen LogP) is 8.75. The molecule has 0 aliphatic heterocycles. The van der Waals surface area contributed by atoms with Gasteiger partial charge in [0.2, 0.25) is 0 Å². The Labute approximate surface area is 276 Å². The quantitative estimate of drug-likeness (QED) is 0.0515. The number of rotatable bonds is 22. The van der Waals surface area contributed by atoms with E-state index in [1.807, 2.05) is 24.3 Å². The first-order chi connectivity index (χ1) is 22.8. The molecule has 12 heteroatoms. The summed E-state index contributed by atoms with van der Waals surface area (Å²) in [6.07, 6.45) is 9.32. The number of hydrogen-bond acceptors (Lipinski definition) is 12. The molecule has 12 nitrogen and oxygen atoms in total. The SMILES string of the molecule is CCCCCCc1ccc(C(=O)OOOC(=O)OCC(CC)(CC)COC(=O)OOOC(=O)c2ccc(CCCCCC)cc2)cc1. The van der Waals surface area contributed by atoms with E-state index in [4.69, 9.17) is 9.47 Å². The molecule has 0 aliphatic rings. The molecule has 0 aromatic heterocycles. The van der Waals surface area contributed by atoms with E-state index in [0.717, 1.165) is 62.5 Å². The molecule has 0 aliphatic carbocycles. The van der Waals surface area contributed by atoms with Gasteiger partial charge in [-0.2, -0.15) is 0 Å². The second-order valence-electron chi connectivity index (χ2n) is 11.3. The van der Waals surface area contributed by atoms with Gasteiger partial charge in [0.05, 0.1) is 21.2 Å². The maximum atomic E-state index is 12.2. The van der Waals surface area contributed by atoms with Crippen molar-refractivity contribution in [2.45, 2.75) is 105 Å². The van der Waals surface area contributed by atoms with E-state index in [9.17, 15) is 19.2 Å². The van der Waals surface area contributed by atoms with E-state index in [-0.39, 0.29) is 24.3 Å². The number of ether oxygens (including phenoxy) is 2. The molecule has 0 unspecified atom stereocenters. The van der Waals surface area contributed by atoms with Crippen molar-refractivity contribution in [1.29, 1.82) is 0 Å². The van der Waals surface area contributed by atoms with Gasteiger partial charge in [0.25, 0.3) is 0 Å². The van der Waals surface area contributed by atoms with Crippen molar-refractivity contribution < 1.29 is 58.3 Å². The topological polar surface area (TPSA) is 142 Å². The lowest BCUT2D eigenvalue weighted by Crippen LogP contribution is -2.33. The number of unbranched alkanes of at least 4 members (excludes halogenated alkanes) is 6. The van der Waals surface area contributed by atoms with Crippen LogP contribution in [0.5, 0.6) is 0 Å². The van der Waals surface area contributed by atoms with Gasteiger partial charge in [0, 0.05) is 5.41 Å². The Bertz CT molecular complexity index is 1110. The molecule has 0 heterocycles. The van der Waals surface area contributed by atoms with Crippen LogP contribution in [0.15, 0.2) is 48.5 Å². The molecule has 0 saturated heterocycles. The summed E-state index contributed by atoms with van der Waals surface area (Å²) < 4.78 is 10.1. The molecule has 0 amide bonds. The zero-order valence-electron chi connectivity index (χ0n) is 27.9. The fourth-order valence-corrected chi connectivity index (χ4v) is 4.55. The molecule has 0 bridgehead atoms. The zero-order chi connectivity index (χ0) is 34.3. The minimum Gasteiger partial charge on any atom is -0.432 e. The fourth-order valence-electron chi connectivity index (χ4n) is 4.55. The third-order valence-corrected chi connectivity index (χ3v) is 7.93. The van der Waals surface area contributed by atoms with Crippen LogP contribution in [0.25, 0.3) is 0 Å². The average molecular weight is 661 g/mol. The highest BCUT2D eigenvalue weighted by Gasteiger charge is 2.31. The number of carbonyl (C=O) groups excluding carboxylic acids is 4. The highest BCUT2D eigenvalue weighted by molar-refractivity contribution is 5.89. The second-order valence-corrected chi connectivity index (χ2v) is 11.3. The first-order valence-corrected chi connectivity index (χ1v) is 16.4. The first kappa shape index (κ1) is 39.0. The average Bonchev–Trinajstić information content (AvgIpc) is 3.09. The van der Waals surface area contributed by atoms with Crippen molar-refractivity contribution in [3.05, 3.63) is 70.8 Å². The predicted molar refractivity (Wildman–Crippen MR) is 169 cm³/mol. The van der Waals surface area contributed by atoms with Crippen LogP contribution in [0.1, 0.15) is 124 Å².